The number of anilines is 1. The fraction of sp³-hybridized carbons (Fsp3) is 0.100. The molecule has 26 heavy (non-hydrogen) atoms. The van der Waals surface area contributed by atoms with Gasteiger partial charge in [-0.3, -0.25) is 4.57 Å². The third-order valence-corrected chi connectivity index (χ3v) is 4.57. The monoisotopic (exact) mass is 363 g/mol. The van der Waals surface area contributed by atoms with Crippen molar-refractivity contribution < 1.29 is 4.42 Å². The molecule has 0 atom stereocenters. The van der Waals surface area contributed by atoms with Crippen molar-refractivity contribution in [2.24, 2.45) is 0 Å². The van der Waals surface area contributed by atoms with Crippen LogP contribution < -0.4 is 11.0 Å². The maximum absolute atomic E-state index is 12.8. The molecule has 2 heterocycles. The van der Waals surface area contributed by atoms with Gasteiger partial charge in [0.1, 0.15) is 11.4 Å². The van der Waals surface area contributed by atoms with E-state index < -0.39 is 5.69 Å². The molecule has 0 spiro atoms. The Hall–Kier alpha value is -3.23. The second-order valence-corrected chi connectivity index (χ2v) is 6.25. The number of rotatable bonds is 3. The number of hydrogen-bond donors (Lipinski definition) is 1. The van der Waals surface area contributed by atoms with Crippen LogP contribution in [0.2, 0.25) is 5.02 Å². The minimum atomic E-state index is -0.423. The van der Waals surface area contributed by atoms with Crippen LogP contribution >= 0.6 is 11.6 Å². The van der Waals surface area contributed by atoms with Crippen LogP contribution in [0.1, 0.15) is 5.56 Å². The average molecular weight is 364 g/mol. The topological polar surface area (TPSA) is 60.1 Å². The van der Waals surface area contributed by atoms with Crippen molar-refractivity contribution in [3.63, 3.8) is 0 Å². The van der Waals surface area contributed by atoms with Crippen LogP contribution in [0.4, 0.5) is 5.82 Å². The molecule has 6 heteroatoms. The van der Waals surface area contributed by atoms with Gasteiger partial charge in [-0.05, 0) is 30.7 Å². The van der Waals surface area contributed by atoms with Gasteiger partial charge in [0.15, 0.2) is 0 Å². The summed E-state index contributed by atoms with van der Waals surface area (Å²) < 4.78 is 7.20. The molecule has 0 aliphatic heterocycles. The number of furan rings is 1. The molecule has 0 unspecified atom stereocenters. The molecule has 2 aromatic heterocycles. The van der Waals surface area contributed by atoms with Crippen molar-refractivity contribution >= 4 is 39.3 Å². The van der Waals surface area contributed by atoms with E-state index in [1.165, 1.54) is 0 Å². The van der Waals surface area contributed by atoms with Gasteiger partial charge in [0, 0.05) is 5.39 Å². The summed E-state index contributed by atoms with van der Waals surface area (Å²) in [5.74, 6) is 2.87. The second kappa shape index (κ2) is 6.25. The summed E-state index contributed by atoms with van der Waals surface area (Å²) >= 11 is 6.44. The van der Waals surface area contributed by atoms with E-state index >= 15 is 0 Å². The normalized spacial score (nSPS) is 11.0. The maximum atomic E-state index is 12.8. The Kier molecular flexibility index (Phi) is 3.90. The fourth-order valence-electron chi connectivity index (χ4n) is 3.10. The SMILES string of the molecule is C#CCNc1nc(=O)n(-c2ccccc2C)c2cc(Cl)c3ccoc3c12. The van der Waals surface area contributed by atoms with E-state index in [-0.39, 0.29) is 6.54 Å². The molecular formula is C20H14ClN3O2. The predicted octanol–water partition coefficient (Wildman–Crippen LogP) is 4.14. The number of nitrogens with zero attached hydrogens (tertiary/aromatic N) is 2. The highest BCUT2D eigenvalue weighted by atomic mass is 35.5. The van der Waals surface area contributed by atoms with Crippen molar-refractivity contribution in [3.8, 4) is 18.0 Å². The first-order valence-corrected chi connectivity index (χ1v) is 8.35. The predicted molar refractivity (Wildman–Crippen MR) is 104 cm³/mol. The molecule has 0 fully saturated rings. The van der Waals surface area contributed by atoms with E-state index in [1.807, 2.05) is 31.2 Å². The van der Waals surface area contributed by atoms with Crippen LogP contribution in [0, 0.1) is 19.3 Å². The summed E-state index contributed by atoms with van der Waals surface area (Å²) in [7, 11) is 0. The summed E-state index contributed by atoms with van der Waals surface area (Å²) in [4.78, 5) is 17.1. The van der Waals surface area contributed by atoms with Crippen LogP contribution in [0.15, 0.2) is 51.9 Å². The van der Waals surface area contributed by atoms with Gasteiger partial charge in [-0.1, -0.05) is 35.7 Å². The highest BCUT2D eigenvalue weighted by molar-refractivity contribution is 6.37. The molecule has 0 aliphatic carbocycles. The van der Waals surface area contributed by atoms with Gasteiger partial charge in [-0.2, -0.15) is 4.98 Å². The standard InChI is InChI=1S/C20H14ClN3O2/c1-3-9-22-19-17-16(11-14(21)13-8-10-26-18(13)17)24(20(25)23-19)15-7-5-4-6-12(15)2/h1,4-8,10-11H,9H2,2H3,(H,22,23,25). The molecule has 0 bridgehead atoms. The van der Waals surface area contributed by atoms with Crippen molar-refractivity contribution in [3.05, 3.63) is 63.7 Å². The molecule has 0 amide bonds. The minimum absolute atomic E-state index is 0.237. The van der Waals surface area contributed by atoms with E-state index in [0.717, 1.165) is 16.6 Å². The lowest BCUT2D eigenvalue weighted by atomic mass is 10.1. The fourth-order valence-corrected chi connectivity index (χ4v) is 3.35. The number of aryl methyl sites for hydroxylation is 1. The molecule has 1 N–H and O–H groups in total. The largest absolute Gasteiger partial charge is 0.463 e. The van der Waals surface area contributed by atoms with Gasteiger partial charge in [0.2, 0.25) is 0 Å². The Morgan fingerprint density at radius 3 is 2.92 bits per heavy atom. The van der Waals surface area contributed by atoms with E-state index in [4.69, 9.17) is 22.4 Å². The summed E-state index contributed by atoms with van der Waals surface area (Å²) in [5.41, 5.74) is 2.42. The molecule has 4 aromatic rings. The number of aromatic nitrogens is 2. The maximum Gasteiger partial charge on any atom is 0.354 e. The smallest absolute Gasteiger partial charge is 0.354 e. The minimum Gasteiger partial charge on any atom is -0.463 e. The average Bonchev–Trinajstić information content (AvgIpc) is 3.11. The quantitative estimate of drug-likeness (QED) is 0.556. The van der Waals surface area contributed by atoms with Gasteiger partial charge >= 0.3 is 5.69 Å². The zero-order valence-corrected chi connectivity index (χ0v) is 14.7. The number of hydrogen-bond acceptors (Lipinski definition) is 4. The van der Waals surface area contributed by atoms with E-state index in [1.54, 1.807) is 23.0 Å². The van der Waals surface area contributed by atoms with Crippen molar-refractivity contribution in [1.82, 2.24) is 9.55 Å². The number of nitrogens with one attached hydrogen (secondary N) is 1. The first kappa shape index (κ1) is 16.2. The van der Waals surface area contributed by atoms with Crippen molar-refractivity contribution in [2.45, 2.75) is 6.92 Å². The third-order valence-electron chi connectivity index (χ3n) is 4.26. The van der Waals surface area contributed by atoms with Gasteiger partial charge in [0.05, 0.1) is 34.4 Å². The van der Waals surface area contributed by atoms with Gasteiger partial charge in [-0.15, -0.1) is 6.42 Å². The number of para-hydroxylation sites is 1. The summed E-state index contributed by atoms with van der Waals surface area (Å²) in [6, 6.07) is 11.1. The molecule has 4 rings (SSSR count). The van der Waals surface area contributed by atoms with Gasteiger partial charge < -0.3 is 9.73 Å². The molecule has 0 saturated heterocycles. The van der Waals surface area contributed by atoms with Crippen molar-refractivity contribution in [1.29, 1.82) is 0 Å². The first-order valence-electron chi connectivity index (χ1n) is 7.97. The summed E-state index contributed by atoms with van der Waals surface area (Å²) in [6.07, 6.45) is 6.91. The number of halogens is 1. The van der Waals surface area contributed by atoms with Gasteiger partial charge in [0.25, 0.3) is 0 Å². The Balaban J connectivity index is 2.20. The van der Waals surface area contributed by atoms with E-state index in [0.29, 0.717) is 27.3 Å². The van der Waals surface area contributed by atoms with Crippen LogP contribution in [-0.2, 0) is 0 Å². The molecule has 128 valence electrons. The van der Waals surface area contributed by atoms with Crippen LogP contribution in [0.25, 0.3) is 27.6 Å². The Morgan fingerprint density at radius 2 is 2.15 bits per heavy atom. The molecule has 0 saturated carbocycles. The Bertz CT molecular complexity index is 1250. The summed E-state index contributed by atoms with van der Waals surface area (Å²) in [5, 5.41) is 4.92. The lowest BCUT2D eigenvalue weighted by Gasteiger charge is -2.15. The highest BCUT2D eigenvalue weighted by Gasteiger charge is 2.19. The lowest BCUT2D eigenvalue weighted by molar-refractivity contribution is 0.619. The van der Waals surface area contributed by atoms with Crippen LogP contribution in [-0.4, -0.2) is 16.1 Å². The lowest BCUT2D eigenvalue weighted by Crippen LogP contribution is -2.24. The zero-order chi connectivity index (χ0) is 18.3. The molecular weight excluding hydrogens is 350 g/mol. The Morgan fingerprint density at radius 1 is 1.35 bits per heavy atom. The van der Waals surface area contributed by atoms with Gasteiger partial charge in [-0.25, -0.2) is 4.79 Å². The molecule has 0 radical (unpaired) electrons. The van der Waals surface area contributed by atoms with Crippen LogP contribution in [0.5, 0.6) is 0 Å². The second-order valence-electron chi connectivity index (χ2n) is 5.84. The Labute approximate surface area is 154 Å². The van der Waals surface area contributed by atoms with Crippen LogP contribution in [0.3, 0.4) is 0 Å². The zero-order valence-electron chi connectivity index (χ0n) is 13.9. The number of fused-ring (bicyclic) bond motifs is 3. The molecule has 0 aliphatic rings. The third kappa shape index (κ3) is 2.43. The summed E-state index contributed by atoms with van der Waals surface area (Å²) in [6.45, 7) is 2.17. The number of benzene rings is 2. The first-order chi connectivity index (χ1) is 12.6. The highest BCUT2D eigenvalue weighted by Crippen LogP contribution is 2.36. The van der Waals surface area contributed by atoms with Crippen molar-refractivity contribution in [2.75, 3.05) is 11.9 Å². The molecule has 5 nitrogen and oxygen atoms in total. The van der Waals surface area contributed by atoms with E-state index in [9.17, 15) is 4.79 Å². The number of terminal acetylenes is 1. The van der Waals surface area contributed by atoms with E-state index in [2.05, 4.69) is 16.2 Å². The molecule has 2 aromatic carbocycles.